The van der Waals surface area contributed by atoms with Crippen LogP contribution < -0.4 is 10.6 Å². The summed E-state index contributed by atoms with van der Waals surface area (Å²) in [5.41, 5.74) is 6.43. The topological polar surface area (TPSA) is 33.3 Å². The first kappa shape index (κ1) is 14.0. The van der Waals surface area contributed by atoms with E-state index in [9.17, 15) is 0 Å². The average Bonchev–Trinajstić information content (AvgIpc) is 3.01. The second-order valence-electron chi connectivity index (χ2n) is 5.28. The molecule has 3 rings (SSSR count). The van der Waals surface area contributed by atoms with E-state index in [4.69, 9.17) is 4.74 Å². The van der Waals surface area contributed by atoms with Crippen LogP contribution in [-0.4, -0.2) is 13.2 Å². The molecule has 1 aliphatic heterocycles. The van der Waals surface area contributed by atoms with Crippen molar-refractivity contribution in [1.29, 1.82) is 0 Å². The van der Waals surface area contributed by atoms with E-state index in [1.807, 2.05) is 6.92 Å². The molecule has 0 saturated carbocycles. The number of hydrogen-bond acceptors (Lipinski definition) is 3. The van der Waals surface area contributed by atoms with Crippen LogP contribution in [0.1, 0.15) is 23.6 Å². The maximum atomic E-state index is 5.53. The van der Waals surface area contributed by atoms with Crippen LogP contribution in [0.25, 0.3) is 0 Å². The van der Waals surface area contributed by atoms with Crippen LogP contribution in [0.15, 0.2) is 42.5 Å². The van der Waals surface area contributed by atoms with Gasteiger partial charge < -0.3 is 15.4 Å². The summed E-state index contributed by atoms with van der Waals surface area (Å²) in [6, 6.07) is 14.9. The quantitative estimate of drug-likeness (QED) is 0.845. The number of ether oxygens (including phenoxy) is 1. The van der Waals surface area contributed by atoms with Crippen LogP contribution in [0.2, 0.25) is 0 Å². The van der Waals surface area contributed by atoms with E-state index in [0.717, 1.165) is 31.8 Å². The molecule has 2 aromatic rings. The molecule has 0 radical (unpaired) electrons. The Morgan fingerprint density at radius 1 is 1.10 bits per heavy atom. The first-order chi connectivity index (χ1) is 10.4. The lowest BCUT2D eigenvalue weighted by Crippen LogP contribution is -2.05. The monoisotopic (exact) mass is 282 g/mol. The summed E-state index contributed by atoms with van der Waals surface area (Å²) in [4.78, 5) is 0. The molecule has 2 N–H and O–H groups in total. The molecule has 0 amide bonds. The lowest BCUT2D eigenvalue weighted by atomic mass is 10.1. The molecule has 3 heteroatoms. The fourth-order valence-electron chi connectivity index (χ4n) is 2.78. The third-order valence-corrected chi connectivity index (χ3v) is 3.88. The Kier molecular flexibility index (Phi) is 4.41. The van der Waals surface area contributed by atoms with Crippen LogP contribution in [0.5, 0.6) is 0 Å². The SMILES string of the molecule is CCOCc1ccccc1NCc1cccc2c1NCC2. The molecule has 0 spiro atoms. The van der Waals surface area contributed by atoms with Crippen molar-refractivity contribution >= 4 is 11.4 Å². The molecule has 0 atom stereocenters. The van der Waals surface area contributed by atoms with Gasteiger partial charge in [0.2, 0.25) is 0 Å². The molecular formula is C18H22N2O. The van der Waals surface area contributed by atoms with Crippen LogP contribution in [0.4, 0.5) is 11.4 Å². The van der Waals surface area contributed by atoms with Crippen molar-refractivity contribution < 1.29 is 4.74 Å². The van der Waals surface area contributed by atoms with Gasteiger partial charge in [0.15, 0.2) is 0 Å². The van der Waals surface area contributed by atoms with Crippen molar-refractivity contribution in [2.45, 2.75) is 26.5 Å². The van der Waals surface area contributed by atoms with Gasteiger partial charge in [-0.15, -0.1) is 0 Å². The van der Waals surface area contributed by atoms with Gasteiger partial charge in [0.25, 0.3) is 0 Å². The van der Waals surface area contributed by atoms with E-state index in [0.29, 0.717) is 6.61 Å². The van der Waals surface area contributed by atoms with Crippen LogP contribution >= 0.6 is 0 Å². The lowest BCUT2D eigenvalue weighted by molar-refractivity contribution is 0.134. The molecule has 0 aliphatic carbocycles. The third kappa shape index (κ3) is 3.19. The normalized spacial score (nSPS) is 12.8. The highest BCUT2D eigenvalue weighted by Crippen LogP contribution is 2.27. The predicted molar refractivity (Wildman–Crippen MR) is 87.7 cm³/mol. The number of rotatable bonds is 6. The minimum absolute atomic E-state index is 0.658. The third-order valence-electron chi connectivity index (χ3n) is 3.88. The number of benzene rings is 2. The van der Waals surface area contributed by atoms with Gasteiger partial charge in [-0.2, -0.15) is 0 Å². The van der Waals surface area contributed by atoms with Crippen molar-refractivity contribution in [2.75, 3.05) is 23.8 Å². The zero-order valence-electron chi connectivity index (χ0n) is 12.5. The summed E-state index contributed by atoms with van der Waals surface area (Å²) in [6.45, 7) is 5.30. The number of fused-ring (bicyclic) bond motifs is 1. The smallest absolute Gasteiger partial charge is 0.0736 e. The maximum Gasteiger partial charge on any atom is 0.0736 e. The fraction of sp³-hybridized carbons (Fsp3) is 0.333. The molecule has 110 valence electrons. The van der Waals surface area contributed by atoms with E-state index < -0.39 is 0 Å². The lowest BCUT2D eigenvalue weighted by Gasteiger charge is -2.14. The summed E-state index contributed by atoms with van der Waals surface area (Å²) < 4.78 is 5.53. The molecule has 1 aliphatic rings. The molecule has 2 aromatic carbocycles. The molecule has 0 fully saturated rings. The summed E-state index contributed by atoms with van der Waals surface area (Å²) >= 11 is 0. The highest BCUT2D eigenvalue weighted by molar-refractivity contribution is 5.62. The Labute approximate surface area is 126 Å². The summed E-state index contributed by atoms with van der Waals surface area (Å²) in [5.74, 6) is 0. The van der Waals surface area contributed by atoms with Crippen molar-refractivity contribution in [3.05, 3.63) is 59.2 Å². The fourth-order valence-corrected chi connectivity index (χ4v) is 2.78. The highest BCUT2D eigenvalue weighted by atomic mass is 16.5. The predicted octanol–water partition coefficient (Wildman–Crippen LogP) is 3.80. The number of hydrogen-bond donors (Lipinski definition) is 2. The number of nitrogens with one attached hydrogen (secondary N) is 2. The van der Waals surface area contributed by atoms with E-state index in [1.54, 1.807) is 0 Å². The Morgan fingerprint density at radius 3 is 2.86 bits per heavy atom. The van der Waals surface area contributed by atoms with Gasteiger partial charge in [-0.25, -0.2) is 0 Å². The molecule has 0 aromatic heterocycles. The second-order valence-corrected chi connectivity index (χ2v) is 5.28. The van der Waals surface area contributed by atoms with Gasteiger partial charge >= 0.3 is 0 Å². The van der Waals surface area contributed by atoms with Crippen molar-refractivity contribution in [3.8, 4) is 0 Å². The largest absolute Gasteiger partial charge is 0.384 e. The molecule has 3 nitrogen and oxygen atoms in total. The van der Waals surface area contributed by atoms with Gasteiger partial charge in [0.1, 0.15) is 0 Å². The Balaban J connectivity index is 1.72. The molecule has 0 saturated heterocycles. The first-order valence-corrected chi connectivity index (χ1v) is 7.62. The second kappa shape index (κ2) is 6.64. The standard InChI is InChI=1S/C18H22N2O/c1-2-21-13-16-6-3-4-9-17(16)20-12-15-8-5-7-14-10-11-19-18(14)15/h3-9,19-20H,2,10-13H2,1H3. The molecule has 0 unspecified atom stereocenters. The van der Waals surface area contributed by atoms with Crippen LogP contribution in [0, 0.1) is 0 Å². The highest BCUT2D eigenvalue weighted by Gasteiger charge is 2.13. The summed E-state index contributed by atoms with van der Waals surface area (Å²) in [6.07, 6.45) is 1.13. The Morgan fingerprint density at radius 2 is 1.95 bits per heavy atom. The van der Waals surface area contributed by atoms with Crippen LogP contribution in [-0.2, 0) is 24.3 Å². The number of anilines is 2. The van der Waals surface area contributed by atoms with Gasteiger partial charge in [0, 0.05) is 36.6 Å². The summed E-state index contributed by atoms with van der Waals surface area (Å²) in [7, 11) is 0. The van der Waals surface area contributed by atoms with Crippen molar-refractivity contribution in [1.82, 2.24) is 0 Å². The minimum Gasteiger partial charge on any atom is -0.384 e. The molecular weight excluding hydrogens is 260 g/mol. The van der Waals surface area contributed by atoms with E-state index in [1.165, 1.54) is 22.4 Å². The molecule has 1 heterocycles. The minimum atomic E-state index is 0.658. The van der Waals surface area contributed by atoms with Crippen LogP contribution in [0.3, 0.4) is 0 Å². The summed E-state index contributed by atoms with van der Waals surface area (Å²) in [5, 5.41) is 7.04. The Bertz CT molecular complexity index is 610. The zero-order valence-corrected chi connectivity index (χ0v) is 12.5. The average molecular weight is 282 g/mol. The first-order valence-electron chi connectivity index (χ1n) is 7.62. The van der Waals surface area contributed by atoms with Gasteiger partial charge in [0.05, 0.1) is 6.61 Å². The van der Waals surface area contributed by atoms with Gasteiger partial charge in [-0.1, -0.05) is 36.4 Å². The van der Waals surface area contributed by atoms with E-state index in [-0.39, 0.29) is 0 Å². The van der Waals surface area contributed by atoms with Gasteiger partial charge in [-0.3, -0.25) is 0 Å². The van der Waals surface area contributed by atoms with E-state index >= 15 is 0 Å². The maximum absolute atomic E-state index is 5.53. The number of para-hydroxylation sites is 2. The zero-order chi connectivity index (χ0) is 14.5. The van der Waals surface area contributed by atoms with Crippen molar-refractivity contribution in [3.63, 3.8) is 0 Å². The molecule has 0 bridgehead atoms. The Hall–Kier alpha value is -2.00. The molecule has 21 heavy (non-hydrogen) atoms. The van der Waals surface area contributed by atoms with E-state index in [2.05, 4.69) is 53.1 Å². The van der Waals surface area contributed by atoms with Gasteiger partial charge in [-0.05, 0) is 30.5 Å². The van der Waals surface area contributed by atoms with Crippen molar-refractivity contribution in [2.24, 2.45) is 0 Å².